The van der Waals surface area contributed by atoms with Gasteiger partial charge in [-0.1, -0.05) is 19.3 Å². The van der Waals surface area contributed by atoms with Crippen LogP contribution in [0.4, 0.5) is 0 Å². The fourth-order valence-corrected chi connectivity index (χ4v) is 1.74. The molecule has 4 heteroatoms. The summed E-state index contributed by atoms with van der Waals surface area (Å²) < 4.78 is 4.40. The fraction of sp³-hybridized carbons (Fsp3) is 0.636. The van der Waals surface area contributed by atoms with E-state index in [1.807, 2.05) is 0 Å². The number of carbonyl (C=O) groups is 2. The zero-order valence-electron chi connectivity index (χ0n) is 8.99. The maximum Gasteiger partial charge on any atom is 0.331 e. The number of hydrogen-bond donors (Lipinski definition) is 1. The molecule has 1 amide bonds. The van der Waals surface area contributed by atoms with Crippen LogP contribution in [0.15, 0.2) is 12.3 Å². The summed E-state index contributed by atoms with van der Waals surface area (Å²) in [6.45, 7) is 0. The Hall–Kier alpha value is -1.32. The molecule has 0 spiro atoms. The van der Waals surface area contributed by atoms with E-state index in [-0.39, 0.29) is 11.8 Å². The molecule has 0 aliphatic heterocycles. The van der Waals surface area contributed by atoms with Crippen molar-refractivity contribution in [1.82, 2.24) is 5.32 Å². The predicted molar refractivity (Wildman–Crippen MR) is 55.9 cm³/mol. The van der Waals surface area contributed by atoms with Gasteiger partial charge in [-0.15, -0.1) is 0 Å². The Bertz CT molecular complexity index is 255. The second-order valence-electron chi connectivity index (χ2n) is 3.70. The van der Waals surface area contributed by atoms with E-state index in [0.29, 0.717) is 0 Å². The van der Waals surface area contributed by atoms with Gasteiger partial charge in [0.1, 0.15) is 0 Å². The largest absolute Gasteiger partial charge is 0.466 e. The van der Waals surface area contributed by atoms with Gasteiger partial charge in [-0.3, -0.25) is 4.79 Å². The molecule has 1 rings (SSSR count). The molecule has 15 heavy (non-hydrogen) atoms. The summed E-state index contributed by atoms with van der Waals surface area (Å²) in [5.74, 6) is -0.338. The lowest BCUT2D eigenvalue weighted by atomic mass is 9.89. The maximum atomic E-state index is 11.6. The van der Waals surface area contributed by atoms with Crippen molar-refractivity contribution in [3.05, 3.63) is 12.3 Å². The Balaban J connectivity index is 2.28. The van der Waals surface area contributed by atoms with Gasteiger partial charge in [0.2, 0.25) is 5.91 Å². The summed E-state index contributed by atoms with van der Waals surface area (Å²) in [6, 6.07) is 0. The average molecular weight is 211 g/mol. The van der Waals surface area contributed by atoms with Crippen LogP contribution in [0.1, 0.15) is 32.1 Å². The predicted octanol–water partition coefficient (Wildman–Crippen LogP) is 1.37. The monoisotopic (exact) mass is 211 g/mol. The molecule has 0 bridgehead atoms. The van der Waals surface area contributed by atoms with Crippen molar-refractivity contribution in [1.29, 1.82) is 0 Å². The first-order valence-corrected chi connectivity index (χ1v) is 5.29. The normalized spacial score (nSPS) is 17.7. The van der Waals surface area contributed by atoms with Crippen molar-refractivity contribution in [3.8, 4) is 0 Å². The number of rotatable bonds is 3. The van der Waals surface area contributed by atoms with Crippen molar-refractivity contribution in [3.63, 3.8) is 0 Å². The topological polar surface area (TPSA) is 55.4 Å². The van der Waals surface area contributed by atoms with E-state index in [4.69, 9.17) is 0 Å². The van der Waals surface area contributed by atoms with Crippen LogP contribution in [-0.2, 0) is 14.3 Å². The van der Waals surface area contributed by atoms with E-state index < -0.39 is 5.97 Å². The zero-order valence-corrected chi connectivity index (χ0v) is 8.99. The number of esters is 1. The molecule has 1 N–H and O–H groups in total. The Morgan fingerprint density at radius 1 is 1.27 bits per heavy atom. The summed E-state index contributed by atoms with van der Waals surface area (Å²) in [5, 5.41) is 2.60. The number of methoxy groups -OCH3 is 1. The van der Waals surface area contributed by atoms with Crippen molar-refractivity contribution >= 4 is 11.9 Å². The highest BCUT2D eigenvalue weighted by atomic mass is 16.5. The summed E-state index contributed by atoms with van der Waals surface area (Å²) in [4.78, 5) is 22.3. The third kappa shape index (κ3) is 4.14. The van der Waals surface area contributed by atoms with Crippen LogP contribution in [-0.4, -0.2) is 19.0 Å². The summed E-state index contributed by atoms with van der Waals surface area (Å²) in [5.41, 5.74) is 0. The molecule has 4 nitrogen and oxygen atoms in total. The Labute approximate surface area is 89.7 Å². The fourth-order valence-electron chi connectivity index (χ4n) is 1.74. The van der Waals surface area contributed by atoms with Crippen LogP contribution in [0.25, 0.3) is 0 Å². The number of amides is 1. The molecule has 0 aromatic heterocycles. The van der Waals surface area contributed by atoms with Crippen molar-refractivity contribution in [2.75, 3.05) is 7.11 Å². The van der Waals surface area contributed by atoms with Gasteiger partial charge in [-0.2, -0.15) is 0 Å². The molecule has 1 saturated carbocycles. The molecular weight excluding hydrogens is 194 g/mol. The first-order chi connectivity index (χ1) is 7.24. The molecule has 84 valence electrons. The first kappa shape index (κ1) is 11.8. The van der Waals surface area contributed by atoms with Crippen LogP contribution in [0.3, 0.4) is 0 Å². The van der Waals surface area contributed by atoms with Crippen LogP contribution < -0.4 is 5.32 Å². The van der Waals surface area contributed by atoms with Crippen LogP contribution in [0.5, 0.6) is 0 Å². The van der Waals surface area contributed by atoms with E-state index in [0.717, 1.165) is 25.7 Å². The lowest BCUT2D eigenvalue weighted by molar-refractivity contribution is -0.134. The molecule has 0 saturated heterocycles. The molecular formula is C11H17NO3. The third-order valence-electron chi connectivity index (χ3n) is 2.62. The minimum absolute atomic E-state index is 0.00912. The summed E-state index contributed by atoms with van der Waals surface area (Å²) in [6.07, 6.45) is 7.94. The average Bonchev–Trinajstić information content (AvgIpc) is 2.29. The highest BCUT2D eigenvalue weighted by Crippen LogP contribution is 2.23. The summed E-state index contributed by atoms with van der Waals surface area (Å²) in [7, 11) is 1.30. The first-order valence-electron chi connectivity index (χ1n) is 5.29. The maximum absolute atomic E-state index is 11.6. The molecule has 1 aliphatic carbocycles. The van der Waals surface area contributed by atoms with Gasteiger partial charge in [0.05, 0.1) is 7.11 Å². The molecule has 0 aromatic rings. The quantitative estimate of drug-likeness (QED) is 0.566. The number of ether oxygens (including phenoxy) is 1. The van der Waals surface area contributed by atoms with Gasteiger partial charge < -0.3 is 10.1 Å². The standard InChI is InChI=1S/C11H17NO3/c1-15-10(13)7-8-12-11(14)9-5-3-2-4-6-9/h7-9H,2-6H2,1H3,(H,12,14). The summed E-state index contributed by atoms with van der Waals surface area (Å²) >= 11 is 0. The minimum atomic E-state index is -0.459. The van der Waals surface area contributed by atoms with Gasteiger partial charge in [-0.25, -0.2) is 4.79 Å². The van der Waals surface area contributed by atoms with Gasteiger partial charge in [0.15, 0.2) is 0 Å². The van der Waals surface area contributed by atoms with Crippen LogP contribution in [0.2, 0.25) is 0 Å². The Morgan fingerprint density at radius 2 is 1.93 bits per heavy atom. The SMILES string of the molecule is COC(=O)C=CNC(=O)C1CCCCC1. The van der Waals surface area contributed by atoms with Crippen LogP contribution >= 0.6 is 0 Å². The van der Waals surface area contributed by atoms with Crippen molar-refractivity contribution in [2.45, 2.75) is 32.1 Å². The molecule has 0 unspecified atom stereocenters. The van der Waals surface area contributed by atoms with Gasteiger partial charge in [0, 0.05) is 18.2 Å². The second-order valence-corrected chi connectivity index (χ2v) is 3.70. The Kier molecular flexibility index (Phi) is 4.87. The minimum Gasteiger partial charge on any atom is -0.466 e. The van der Waals surface area contributed by atoms with E-state index >= 15 is 0 Å². The van der Waals surface area contributed by atoms with Crippen molar-refractivity contribution in [2.24, 2.45) is 5.92 Å². The Morgan fingerprint density at radius 3 is 2.53 bits per heavy atom. The lowest BCUT2D eigenvalue weighted by Gasteiger charge is -2.19. The third-order valence-corrected chi connectivity index (χ3v) is 2.62. The second kappa shape index (κ2) is 6.22. The van der Waals surface area contributed by atoms with Gasteiger partial charge in [-0.05, 0) is 12.8 Å². The molecule has 0 aromatic carbocycles. The number of hydrogen-bond acceptors (Lipinski definition) is 3. The van der Waals surface area contributed by atoms with Gasteiger partial charge in [0.25, 0.3) is 0 Å². The number of nitrogens with one attached hydrogen (secondary N) is 1. The van der Waals surface area contributed by atoms with E-state index in [9.17, 15) is 9.59 Å². The number of carbonyl (C=O) groups excluding carboxylic acids is 2. The molecule has 1 fully saturated rings. The van der Waals surface area contributed by atoms with Crippen LogP contribution in [0, 0.1) is 5.92 Å². The lowest BCUT2D eigenvalue weighted by Crippen LogP contribution is -2.28. The molecule has 0 atom stereocenters. The van der Waals surface area contributed by atoms with Gasteiger partial charge >= 0.3 is 5.97 Å². The van der Waals surface area contributed by atoms with Crippen molar-refractivity contribution < 1.29 is 14.3 Å². The molecule has 0 radical (unpaired) electrons. The molecule has 1 aliphatic rings. The zero-order chi connectivity index (χ0) is 11.1. The van der Waals surface area contributed by atoms with E-state index in [1.54, 1.807) is 0 Å². The smallest absolute Gasteiger partial charge is 0.331 e. The molecule has 0 heterocycles. The van der Waals surface area contributed by atoms with E-state index in [1.165, 1.54) is 25.8 Å². The highest BCUT2D eigenvalue weighted by molar-refractivity contribution is 5.84. The highest BCUT2D eigenvalue weighted by Gasteiger charge is 2.19. The van der Waals surface area contributed by atoms with E-state index in [2.05, 4.69) is 10.1 Å².